The Morgan fingerprint density at radius 1 is 1.20 bits per heavy atom. The highest BCUT2D eigenvalue weighted by Crippen LogP contribution is 2.23. The van der Waals surface area contributed by atoms with Gasteiger partial charge in [-0.15, -0.1) is 0 Å². The van der Waals surface area contributed by atoms with Gasteiger partial charge in [-0.05, 0) is 19.3 Å². The standard InChI is InChI=1S/C13H26O2/c1-5-8-9-10-12(11(4)6-2)13(14)15-7-3/h11-12H,5-10H2,1-4H3. The Kier molecular flexibility index (Phi) is 8.44. The highest BCUT2D eigenvalue weighted by molar-refractivity contribution is 5.72. The molecule has 2 heteroatoms. The van der Waals surface area contributed by atoms with Gasteiger partial charge >= 0.3 is 5.97 Å². The van der Waals surface area contributed by atoms with E-state index in [2.05, 4.69) is 20.8 Å². The van der Waals surface area contributed by atoms with Crippen molar-refractivity contribution in [2.75, 3.05) is 6.61 Å². The summed E-state index contributed by atoms with van der Waals surface area (Å²) in [5.41, 5.74) is 0. The maximum atomic E-state index is 11.7. The van der Waals surface area contributed by atoms with Crippen molar-refractivity contribution < 1.29 is 9.53 Å². The maximum Gasteiger partial charge on any atom is 0.309 e. The SMILES string of the molecule is CCCCCC(C(=O)OCC)C(C)CC. The molecule has 2 unspecified atom stereocenters. The number of hydrogen-bond donors (Lipinski definition) is 0. The lowest BCUT2D eigenvalue weighted by Crippen LogP contribution is -2.24. The number of hydrogen-bond acceptors (Lipinski definition) is 2. The first-order valence-corrected chi connectivity index (χ1v) is 6.33. The topological polar surface area (TPSA) is 26.3 Å². The second-order valence-electron chi connectivity index (χ2n) is 4.24. The first-order valence-electron chi connectivity index (χ1n) is 6.33. The average molecular weight is 214 g/mol. The second-order valence-corrected chi connectivity index (χ2v) is 4.24. The molecule has 0 aromatic carbocycles. The third-order valence-corrected chi connectivity index (χ3v) is 3.04. The molecule has 0 heterocycles. The molecule has 15 heavy (non-hydrogen) atoms. The van der Waals surface area contributed by atoms with Crippen molar-refractivity contribution in [3.63, 3.8) is 0 Å². The molecule has 0 amide bonds. The van der Waals surface area contributed by atoms with Gasteiger partial charge in [-0.25, -0.2) is 0 Å². The second kappa shape index (κ2) is 8.75. The van der Waals surface area contributed by atoms with E-state index in [1.165, 1.54) is 12.8 Å². The molecule has 0 saturated carbocycles. The molecule has 0 rings (SSSR count). The van der Waals surface area contributed by atoms with Gasteiger partial charge in [0.1, 0.15) is 0 Å². The average Bonchev–Trinajstić information content (AvgIpc) is 2.23. The fourth-order valence-corrected chi connectivity index (χ4v) is 1.78. The lowest BCUT2D eigenvalue weighted by Gasteiger charge is -2.20. The van der Waals surface area contributed by atoms with Crippen molar-refractivity contribution in [1.29, 1.82) is 0 Å². The van der Waals surface area contributed by atoms with Crippen molar-refractivity contribution >= 4 is 5.97 Å². The third kappa shape index (κ3) is 5.81. The van der Waals surface area contributed by atoms with Crippen LogP contribution in [0.1, 0.15) is 59.8 Å². The van der Waals surface area contributed by atoms with E-state index in [4.69, 9.17) is 4.74 Å². The van der Waals surface area contributed by atoms with Gasteiger partial charge in [-0.2, -0.15) is 0 Å². The van der Waals surface area contributed by atoms with E-state index in [1.54, 1.807) is 0 Å². The minimum Gasteiger partial charge on any atom is -0.466 e. The van der Waals surface area contributed by atoms with Crippen LogP contribution in [0.15, 0.2) is 0 Å². The molecule has 2 atom stereocenters. The fourth-order valence-electron chi connectivity index (χ4n) is 1.78. The van der Waals surface area contributed by atoms with Gasteiger partial charge < -0.3 is 4.74 Å². The molecule has 0 radical (unpaired) electrons. The molecule has 0 spiro atoms. The van der Waals surface area contributed by atoms with Gasteiger partial charge in [-0.3, -0.25) is 4.79 Å². The van der Waals surface area contributed by atoms with Crippen molar-refractivity contribution in [2.24, 2.45) is 11.8 Å². The molecule has 0 aromatic rings. The quantitative estimate of drug-likeness (QED) is 0.454. The highest BCUT2D eigenvalue weighted by Gasteiger charge is 2.24. The van der Waals surface area contributed by atoms with Crippen LogP contribution >= 0.6 is 0 Å². The zero-order valence-electron chi connectivity index (χ0n) is 10.7. The summed E-state index contributed by atoms with van der Waals surface area (Å²) in [7, 11) is 0. The Balaban J connectivity index is 4.11. The van der Waals surface area contributed by atoms with E-state index in [0.717, 1.165) is 19.3 Å². The third-order valence-electron chi connectivity index (χ3n) is 3.04. The van der Waals surface area contributed by atoms with Gasteiger partial charge in [0.15, 0.2) is 0 Å². The summed E-state index contributed by atoms with van der Waals surface area (Å²) in [6, 6.07) is 0. The van der Waals surface area contributed by atoms with Crippen LogP contribution in [0.25, 0.3) is 0 Å². The van der Waals surface area contributed by atoms with Crippen LogP contribution in [0.2, 0.25) is 0 Å². The van der Waals surface area contributed by atoms with E-state index >= 15 is 0 Å². The minimum atomic E-state index is 0.00273. The summed E-state index contributed by atoms with van der Waals surface area (Å²) in [5, 5.41) is 0. The van der Waals surface area contributed by atoms with E-state index in [-0.39, 0.29) is 11.9 Å². The van der Waals surface area contributed by atoms with Crippen molar-refractivity contribution in [2.45, 2.75) is 59.8 Å². The molecule has 0 fully saturated rings. The summed E-state index contributed by atoms with van der Waals surface area (Å²) in [5.74, 6) is 0.561. The van der Waals surface area contributed by atoms with Gasteiger partial charge in [0.05, 0.1) is 12.5 Å². The molecule has 0 aromatic heterocycles. The molecule has 90 valence electrons. The summed E-state index contributed by atoms with van der Waals surface area (Å²) in [6.07, 6.45) is 5.60. The molecule has 2 nitrogen and oxygen atoms in total. The van der Waals surface area contributed by atoms with Gasteiger partial charge in [0.2, 0.25) is 0 Å². The molecule has 0 aliphatic rings. The van der Waals surface area contributed by atoms with Gasteiger partial charge in [0.25, 0.3) is 0 Å². The molecular weight excluding hydrogens is 188 g/mol. The Labute approximate surface area is 94.4 Å². The predicted molar refractivity (Wildman–Crippen MR) is 63.7 cm³/mol. The summed E-state index contributed by atoms with van der Waals surface area (Å²) >= 11 is 0. The van der Waals surface area contributed by atoms with Gasteiger partial charge in [0, 0.05) is 0 Å². The number of esters is 1. The van der Waals surface area contributed by atoms with E-state index in [1.807, 2.05) is 6.92 Å². The van der Waals surface area contributed by atoms with E-state index in [0.29, 0.717) is 12.5 Å². The number of unbranched alkanes of at least 4 members (excludes halogenated alkanes) is 2. The monoisotopic (exact) mass is 214 g/mol. The normalized spacial score (nSPS) is 14.7. The first-order chi connectivity index (χ1) is 7.17. The Hall–Kier alpha value is -0.530. The molecule has 0 bridgehead atoms. The summed E-state index contributed by atoms with van der Waals surface area (Å²) in [6.45, 7) is 8.84. The lowest BCUT2D eigenvalue weighted by molar-refractivity contribution is -0.150. The molecule has 0 aliphatic carbocycles. The van der Waals surface area contributed by atoms with Crippen LogP contribution in [-0.4, -0.2) is 12.6 Å². The smallest absolute Gasteiger partial charge is 0.309 e. The Morgan fingerprint density at radius 2 is 1.87 bits per heavy atom. The van der Waals surface area contributed by atoms with Crippen LogP contribution < -0.4 is 0 Å². The molecule has 0 saturated heterocycles. The summed E-state index contributed by atoms with van der Waals surface area (Å²) < 4.78 is 5.12. The molecule has 0 N–H and O–H groups in total. The van der Waals surface area contributed by atoms with Gasteiger partial charge in [-0.1, -0.05) is 46.5 Å². The zero-order valence-corrected chi connectivity index (χ0v) is 10.7. The number of carbonyl (C=O) groups is 1. The van der Waals surface area contributed by atoms with Crippen LogP contribution in [0.3, 0.4) is 0 Å². The number of carbonyl (C=O) groups excluding carboxylic acids is 1. The van der Waals surface area contributed by atoms with Crippen molar-refractivity contribution in [3.05, 3.63) is 0 Å². The predicted octanol–water partition coefficient (Wildman–Crippen LogP) is 3.79. The summed E-state index contributed by atoms with van der Waals surface area (Å²) in [4.78, 5) is 11.7. The Bertz CT molecular complexity index is 166. The molecular formula is C13H26O2. The van der Waals surface area contributed by atoms with Crippen LogP contribution in [0, 0.1) is 11.8 Å². The largest absolute Gasteiger partial charge is 0.466 e. The minimum absolute atomic E-state index is 0.00273. The van der Waals surface area contributed by atoms with Crippen LogP contribution in [0.5, 0.6) is 0 Å². The molecule has 0 aliphatic heterocycles. The van der Waals surface area contributed by atoms with E-state index < -0.39 is 0 Å². The van der Waals surface area contributed by atoms with Crippen molar-refractivity contribution in [3.8, 4) is 0 Å². The van der Waals surface area contributed by atoms with Crippen molar-refractivity contribution in [1.82, 2.24) is 0 Å². The zero-order chi connectivity index (χ0) is 11.7. The maximum absolute atomic E-state index is 11.7. The number of rotatable bonds is 8. The van der Waals surface area contributed by atoms with Crippen LogP contribution in [0.4, 0.5) is 0 Å². The highest BCUT2D eigenvalue weighted by atomic mass is 16.5. The Morgan fingerprint density at radius 3 is 2.33 bits per heavy atom. The van der Waals surface area contributed by atoms with E-state index in [9.17, 15) is 4.79 Å². The first kappa shape index (κ1) is 14.5. The van der Waals surface area contributed by atoms with Crippen LogP contribution in [-0.2, 0) is 9.53 Å². The fraction of sp³-hybridized carbons (Fsp3) is 0.923. The lowest BCUT2D eigenvalue weighted by atomic mass is 9.87. The number of ether oxygens (including phenoxy) is 1.